The van der Waals surface area contributed by atoms with E-state index in [1.54, 1.807) is 30.2 Å². The Balaban J connectivity index is 2.16. The Kier molecular flexibility index (Phi) is 3.35. The molecule has 116 valence electrons. The second kappa shape index (κ2) is 5.79. The molecule has 0 spiro atoms. The van der Waals surface area contributed by atoms with E-state index in [9.17, 15) is 9.59 Å². The maximum atomic E-state index is 12.2. The lowest BCUT2D eigenvalue weighted by molar-refractivity contribution is 0.0591. The molecule has 0 aliphatic rings. The third-order valence-corrected chi connectivity index (χ3v) is 3.11. The van der Waals surface area contributed by atoms with Crippen LogP contribution in [-0.2, 0) is 11.8 Å². The Labute approximate surface area is 131 Å². The monoisotopic (exact) mass is 313 g/mol. The summed E-state index contributed by atoms with van der Waals surface area (Å²) in [7, 11) is 2.92. The molecule has 3 aromatic heterocycles. The van der Waals surface area contributed by atoms with Gasteiger partial charge in [0, 0.05) is 24.9 Å². The molecule has 9 heteroatoms. The zero-order valence-corrected chi connectivity index (χ0v) is 12.3. The van der Waals surface area contributed by atoms with Crippen LogP contribution in [0.3, 0.4) is 0 Å². The van der Waals surface area contributed by atoms with Gasteiger partial charge in [-0.1, -0.05) is 5.21 Å². The van der Waals surface area contributed by atoms with Crippen LogP contribution in [0.25, 0.3) is 16.9 Å². The molecule has 0 unspecified atom stereocenters. The molecule has 0 N–H and O–H groups in total. The van der Waals surface area contributed by atoms with E-state index in [0.29, 0.717) is 16.9 Å². The van der Waals surface area contributed by atoms with Crippen LogP contribution < -0.4 is 5.56 Å². The van der Waals surface area contributed by atoms with Crippen molar-refractivity contribution in [1.82, 2.24) is 29.8 Å². The number of hydrogen-bond donors (Lipinski definition) is 0. The average Bonchev–Trinajstić information content (AvgIpc) is 3.02. The van der Waals surface area contributed by atoms with Crippen molar-refractivity contribution in [3.8, 4) is 16.9 Å². The summed E-state index contributed by atoms with van der Waals surface area (Å²) in [5.74, 6) is -0.739. The predicted molar refractivity (Wildman–Crippen MR) is 79.0 cm³/mol. The van der Waals surface area contributed by atoms with Crippen molar-refractivity contribution in [3.05, 3.63) is 52.8 Å². The summed E-state index contributed by atoms with van der Waals surface area (Å²) in [6.07, 6.45) is 4.54. The highest BCUT2D eigenvalue weighted by Crippen LogP contribution is 2.18. The predicted octanol–water partition coefficient (Wildman–Crippen LogP) is 0.210. The van der Waals surface area contributed by atoms with E-state index in [4.69, 9.17) is 1.37 Å². The number of aryl methyl sites for hydroxylation is 1. The van der Waals surface area contributed by atoms with Gasteiger partial charge in [-0.2, -0.15) is 9.78 Å². The molecule has 0 bridgehead atoms. The molecule has 0 saturated heterocycles. The second-order valence-electron chi connectivity index (χ2n) is 4.56. The van der Waals surface area contributed by atoms with Crippen molar-refractivity contribution >= 4 is 5.97 Å². The topological polar surface area (TPSA) is 105 Å². The van der Waals surface area contributed by atoms with Crippen molar-refractivity contribution in [2.45, 2.75) is 0 Å². The molecule has 23 heavy (non-hydrogen) atoms. The van der Waals surface area contributed by atoms with Gasteiger partial charge in [0.15, 0.2) is 5.69 Å². The van der Waals surface area contributed by atoms with Crippen molar-refractivity contribution in [3.63, 3.8) is 0 Å². The number of esters is 1. The van der Waals surface area contributed by atoms with Crippen molar-refractivity contribution in [1.29, 1.82) is 0 Å². The van der Waals surface area contributed by atoms with Gasteiger partial charge in [0.2, 0.25) is 0 Å². The summed E-state index contributed by atoms with van der Waals surface area (Å²) in [4.78, 5) is 27.9. The number of aromatic nitrogens is 6. The van der Waals surface area contributed by atoms with E-state index in [2.05, 4.69) is 25.1 Å². The number of carbonyl (C=O) groups excluding carboxylic acids is 1. The van der Waals surface area contributed by atoms with Crippen molar-refractivity contribution < 1.29 is 10.9 Å². The summed E-state index contributed by atoms with van der Waals surface area (Å²) >= 11 is 0. The first-order chi connectivity index (χ1) is 11.5. The molecule has 3 aromatic rings. The van der Waals surface area contributed by atoms with Crippen molar-refractivity contribution in [2.24, 2.45) is 7.05 Å². The van der Waals surface area contributed by atoms with Crippen LogP contribution in [0.2, 0.25) is 0 Å². The standard InChI is InChI=1S/C14H12N6O3/c1-19-12(8-16-18-19)9-5-10(7-15-6-9)20-13(21)4-3-11(17-20)14(22)23-2/h3-8H,1-2H3/i4D. The number of hydrogen-bond acceptors (Lipinski definition) is 7. The Hall–Kier alpha value is -3.36. The summed E-state index contributed by atoms with van der Waals surface area (Å²) in [6.45, 7) is 0. The largest absolute Gasteiger partial charge is 0.464 e. The van der Waals surface area contributed by atoms with Gasteiger partial charge >= 0.3 is 5.97 Å². The highest BCUT2D eigenvalue weighted by Gasteiger charge is 2.12. The van der Waals surface area contributed by atoms with Gasteiger partial charge in [-0.05, 0) is 12.1 Å². The zero-order valence-electron chi connectivity index (χ0n) is 13.3. The fourth-order valence-corrected chi connectivity index (χ4v) is 1.99. The smallest absolute Gasteiger partial charge is 0.358 e. The van der Waals surface area contributed by atoms with E-state index in [1.807, 2.05) is 0 Å². The third kappa shape index (κ3) is 2.71. The minimum Gasteiger partial charge on any atom is -0.464 e. The lowest BCUT2D eigenvalue weighted by Gasteiger charge is -2.07. The van der Waals surface area contributed by atoms with Gasteiger partial charge in [-0.3, -0.25) is 9.78 Å². The molecule has 3 rings (SSSR count). The molecule has 9 nitrogen and oxygen atoms in total. The van der Waals surface area contributed by atoms with Crippen LogP contribution in [0.1, 0.15) is 11.9 Å². The number of rotatable bonds is 3. The van der Waals surface area contributed by atoms with Gasteiger partial charge < -0.3 is 4.74 Å². The molecular formula is C14H12N6O3. The van der Waals surface area contributed by atoms with Gasteiger partial charge in [0.25, 0.3) is 5.56 Å². The molecule has 0 amide bonds. The van der Waals surface area contributed by atoms with Crippen LogP contribution in [-0.4, -0.2) is 42.8 Å². The van der Waals surface area contributed by atoms with Gasteiger partial charge in [-0.15, -0.1) is 5.10 Å². The Morgan fingerprint density at radius 2 is 2.17 bits per heavy atom. The molecule has 0 atom stereocenters. The number of methoxy groups -OCH3 is 1. The fraction of sp³-hybridized carbons (Fsp3) is 0.143. The summed E-state index contributed by atoms with van der Waals surface area (Å²) in [5.41, 5.74) is 0.828. The number of pyridine rings is 1. The highest BCUT2D eigenvalue weighted by atomic mass is 16.5. The van der Waals surface area contributed by atoms with E-state index in [1.165, 1.54) is 13.3 Å². The van der Waals surface area contributed by atoms with Crippen LogP contribution in [0.4, 0.5) is 0 Å². The van der Waals surface area contributed by atoms with Crippen LogP contribution in [0, 0.1) is 0 Å². The molecule has 0 aromatic carbocycles. The number of nitrogens with zero attached hydrogens (tertiary/aromatic N) is 6. The maximum Gasteiger partial charge on any atom is 0.358 e. The summed E-state index contributed by atoms with van der Waals surface area (Å²) < 4.78 is 14.8. The second-order valence-corrected chi connectivity index (χ2v) is 4.56. The van der Waals surface area contributed by atoms with E-state index < -0.39 is 11.5 Å². The zero-order chi connectivity index (χ0) is 17.3. The van der Waals surface area contributed by atoms with Gasteiger partial charge in [0.05, 0.1) is 32.3 Å². The maximum absolute atomic E-state index is 12.2. The third-order valence-electron chi connectivity index (χ3n) is 3.11. The molecule has 0 fully saturated rings. The molecule has 3 heterocycles. The van der Waals surface area contributed by atoms with Gasteiger partial charge in [0.1, 0.15) is 0 Å². The summed E-state index contributed by atoms with van der Waals surface area (Å²) in [5, 5.41) is 11.6. The fourth-order valence-electron chi connectivity index (χ4n) is 1.99. The average molecular weight is 313 g/mol. The Morgan fingerprint density at radius 1 is 1.35 bits per heavy atom. The first kappa shape index (κ1) is 13.3. The number of carbonyl (C=O) groups is 1. The molecular weight excluding hydrogens is 300 g/mol. The lowest BCUT2D eigenvalue weighted by atomic mass is 10.2. The highest BCUT2D eigenvalue weighted by molar-refractivity contribution is 5.86. The minimum atomic E-state index is -0.739. The van der Waals surface area contributed by atoms with Gasteiger partial charge in [-0.25, -0.2) is 9.48 Å². The van der Waals surface area contributed by atoms with Crippen LogP contribution >= 0.6 is 0 Å². The first-order valence-electron chi connectivity index (χ1n) is 7.01. The van der Waals surface area contributed by atoms with E-state index in [-0.39, 0.29) is 11.7 Å². The first-order valence-corrected chi connectivity index (χ1v) is 6.51. The minimum absolute atomic E-state index is 0.144. The molecule has 0 radical (unpaired) electrons. The Bertz CT molecular complexity index is 981. The van der Waals surface area contributed by atoms with Crippen LogP contribution in [0.15, 0.2) is 41.6 Å². The molecule has 0 saturated carbocycles. The quantitative estimate of drug-likeness (QED) is 0.636. The molecule has 0 aliphatic heterocycles. The van der Waals surface area contributed by atoms with E-state index in [0.717, 1.165) is 10.7 Å². The summed E-state index contributed by atoms with van der Waals surface area (Å²) in [6, 6.07) is 2.33. The SMILES string of the molecule is [2H]c1cc(C(=O)OC)nn(-c2cncc(-c3cnnn3C)c2)c1=O. The lowest BCUT2D eigenvalue weighted by Crippen LogP contribution is -2.23. The van der Waals surface area contributed by atoms with Crippen LogP contribution in [0.5, 0.6) is 0 Å². The Morgan fingerprint density at radius 3 is 2.87 bits per heavy atom. The van der Waals surface area contributed by atoms with E-state index >= 15 is 0 Å². The normalized spacial score (nSPS) is 11.1. The van der Waals surface area contributed by atoms with Crippen molar-refractivity contribution in [2.75, 3.05) is 7.11 Å². The molecule has 0 aliphatic carbocycles. The number of ether oxygens (including phenoxy) is 1.